The van der Waals surface area contributed by atoms with Crippen molar-refractivity contribution in [3.05, 3.63) is 41.7 Å². The number of ether oxygens (including phenoxy) is 1. The molecule has 0 unspecified atom stereocenters. The predicted octanol–water partition coefficient (Wildman–Crippen LogP) is -2.73. The third kappa shape index (κ3) is 4.68. The van der Waals surface area contributed by atoms with Crippen molar-refractivity contribution in [1.82, 2.24) is 0 Å². The van der Waals surface area contributed by atoms with Crippen LogP contribution in [0.4, 0.5) is 4.39 Å². The van der Waals surface area contributed by atoms with Crippen LogP contribution in [0.1, 0.15) is 5.56 Å². The molecule has 17 heavy (non-hydrogen) atoms. The second-order valence-corrected chi connectivity index (χ2v) is 2.87. The molecule has 0 amide bonds. The van der Waals surface area contributed by atoms with E-state index in [4.69, 9.17) is 0 Å². The van der Waals surface area contributed by atoms with E-state index < -0.39 is 23.3 Å². The van der Waals surface area contributed by atoms with Crippen LogP contribution in [0, 0.1) is 5.82 Å². The van der Waals surface area contributed by atoms with E-state index in [9.17, 15) is 19.1 Å². The van der Waals surface area contributed by atoms with Crippen molar-refractivity contribution in [3.8, 4) is 0 Å². The zero-order chi connectivity index (χ0) is 12.1. The molecule has 0 atom stereocenters. The Labute approximate surface area is 119 Å². The van der Waals surface area contributed by atoms with Crippen molar-refractivity contribution in [2.75, 3.05) is 7.11 Å². The maximum absolute atomic E-state index is 12.5. The summed E-state index contributed by atoms with van der Waals surface area (Å²) in [5, 5.41) is 11.4. The Bertz CT molecular complexity index is 439. The number of rotatable bonds is 3. The van der Waals surface area contributed by atoms with E-state index >= 15 is 0 Å². The zero-order valence-corrected chi connectivity index (χ0v) is 11.4. The summed E-state index contributed by atoms with van der Waals surface area (Å²) < 4.78 is 16.7. The summed E-state index contributed by atoms with van der Waals surface area (Å²) in [7, 11) is 1.04. The van der Waals surface area contributed by atoms with Gasteiger partial charge in [0.05, 0.1) is 7.11 Å². The van der Waals surface area contributed by atoms with Gasteiger partial charge >= 0.3 is 35.5 Å². The first kappa shape index (κ1) is 15.8. The van der Waals surface area contributed by atoms with Crippen molar-refractivity contribution < 1.29 is 53.4 Å². The number of esters is 1. The molecule has 0 aliphatic heterocycles. The van der Waals surface area contributed by atoms with Gasteiger partial charge in [0.15, 0.2) is 0 Å². The summed E-state index contributed by atoms with van der Waals surface area (Å²) in [4.78, 5) is 21.7. The molecular formula is C11H8FNaO4. The van der Waals surface area contributed by atoms with Crippen molar-refractivity contribution >= 4 is 17.5 Å². The van der Waals surface area contributed by atoms with Gasteiger partial charge in [-0.3, -0.25) is 4.79 Å². The molecule has 0 radical (unpaired) electrons. The Morgan fingerprint density at radius 3 is 2.29 bits per heavy atom. The molecule has 0 aliphatic rings. The van der Waals surface area contributed by atoms with Crippen LogP contribution < -0.4 is 34.7 Å². The summed E-state index contributed by atoms with van der Waals surface area (Å²) in [6.45, 7) is 0. The Hall–Kier alpha value is -1.17. The molecule has 0 heterocycles. The molecule has 4 nitrogen and oxygen atoms in total. The minimum Gasteiger partial charge on any atom is -0.872 e. The second kappa shape index (κ2) is 7.21. The number of carbonyl (C=O) groups excluding carboxylic acids is 2. The van der Waals surface area contributed by atoms with Gasteiger partial charge in [-0.2, -0.15) is 0 Å². The van der Waals surface area contributed by atoms with Crippen LogP contribution >= 0.6 is 0 Å². The maximum Gasteiger partial charge on any atom is 1.00 e. The minimum absolute atomic E-state index is 0. The molecule has 1 aromatic carbocycles. The molecule has 1 rings (SSSR count). The van der Waals surface area contributed by atoms with Gasteiger partial charge in [0.1, 0.15) is 5.82 Å². The Morgan fingerprint density at radius 1 is 1.29 bits per heavy atom. The smallest absolute Gasteiger partial charge is 0.872 e. The van der Waals surface area contributed by atoms with Gasteiger partial charge in [0, 0.05) is 0 Å². The molecular weight excluding hydrogens is 238 g/mol. The van der Waals surface area contributed by atoms with E-state index in [1.54, 1.807) is 0 Å². The molecule has 0 aromatic heterocycles. The molecule has 0 bridgehead atoms. The van der Waals surface area contributed by atoms with E-state index in [-0.39, 0.29) is 35.1 Å². The summed E-state index contributed by atoms with van der Waals surface area (Å²) in [6.07, 6.45) is 0.610. The van der Waals surface area contributed by atoms with Gasteiger partial charge in [-0.05, 0) is 23.8 Å². The normalized spacial score (nSPS) is 10.4. The first-order chi connectivity index (χ1) is 7.54. The second-order valence-electron chi connectivity index (χ2n) is 2.87. The predicted molar refractivity (Wildman–Crippen MR) is 51.4 cm³/mol. The molecule has 0 saturated carbocycles. The third-order valence-electron chi connectivity index (χ3n) is 1.78. The van der Waals surface area contributed by atoms with E-state index in [0.717, 1.165) is 19.2 Å². The summed E-state index contributed by atoms with van der Waals surface area (Å²) in [5.74, 6) is -3.32. The Balaban J connectivity index is 0.00000256. The Morgan fingerprint density at radius 2 is 1.82 bits per heavy atom. The molecule has 84 valence electrons. The summed E-state index contributed by atoms with van der Waals surface area (Å²) in [6, 6.07) is 4.62. The molecule has 0 spiro atoms. The van der Waals surface area contributed by atoms with Gasteiger partial charge in [-0.1, -0.05) is 17.9 Å². The molecule has 6 heteroatoms. The molecule has 0 aliphatic carbocycles. The van der Waals surface area contributed by atoms with Crippen LogP contribution in [-0.2, 0) is 14.3 Å². The average molecular weight is 246 g/mol. The van der Waals surface area contributed by atoms with E-state index in [1.807, 2.05) is 0 Å². The number of halogens is 1. The quantitative estimate of drug-likeness (QED) is 0.191. The van der Waals surface area contributed by atoms with Crippen LogP contribution in [0.25, 0.3) is 5.76 Å². The number of hydrogen-bond acceptors (Lipinski definition) is 4. The van der Waals surface area contributed by atoms with Crippen LogP contribution in [0.15, 0.2) is 30.3 Å². The van der Waals surface area contributed by atoms with E-state index in [1.165, 1.54) is 12.1 Å². The first-order valence-corrected chi connectivity index (χ1v) is 4.31. The number of benzene rings is 1. The zero-order valence-electron chi connectivity index (χ0n) is 9.40. The monoisotopic (exact) mass is 246 g/mol. The third-order valence-corrected chi connectivity index (χ3v) is 1.78. The van der Waals surface area contributed by atoms with Crippen molar-refractivity contribution in [2.24, 2.45) is 0 Å². The maximum atomic E-state index is 12.5. The van der Waals surface area contributed by atoms with Gasteiger partial charge < -0.3 is 9.84 Å². The number of ketones is 1. The standard InChI is InChI=1S/C11H9FO4.Na/c1-16-11(15)10(14)6-9(13)7-2-4-8(12)5-3-7;/h2-6,13H,1H3;/q;+1/p-1/b9-6-;. The van der Waals surface area contributed by atoms with E-state index in [2.05, 4.69) is 4.74 Å². The van der Waals surface area contributed by atoms with Crippen molar-refractivity contribution in [2.45, 2.75) is 0 Å². The number of hydrogen-bond donors (Lipinski definition) is 0. The molecule has 0 saturated heterocycles. The molecule has 0 fully saturated rings. The fourth-order valence-corrected chi connectivity index (χ4v) is 0.976. The first-order valence-electron chi connectivity index (χ1n) is 4.31. The van der Waals surface area contributed by atoms with Gasteiger partial charge in [-0.15, -0.1) is 0 Å². The van der Waals surface area contributed by atoms with Crippen LogP contribution in [-0.4, -0.2) is 18.9 Å². The topological polar surface area (TPSA) is 66.4 Å². The number of methoxy groups -OCH3 is 1. The fourth-order valence-electron chi connectivity index (χ4n) is 0.976. The largest absolute Gasteiger partial charge is 1.00 e. The van der Waals surface area contributed by atoms with Crippen molar-refractivity contribution in [3.63, 3.8) is 0 Å². The van der Waals surface area contributed by atoms with Crippen molar-refractivity contribution in [1.29, 1.82) is 0 Å². The fraction of sp³-hybridized carbons (Fsp3) is 0.0909. The van der Waals surface area contributed by atoms with E-state index in [0.29, 0.717) is 6.08 Å². The van der Waals surface area contributed by atoms with Gasteiger partial charge in [0.2, 0.25) is 0 Å². The van der Waals surface area contributed by atoms with Gasteiger partial charge in [-0.25, -0.2) is 9.18 Å². The SMILES string of the molecule is COC(=O)C(=O)/C=C(\[O-])c1ccc(F)cc1.[Na+]. The van der Waals surface area contributed by atoms with Crippen LogP contribution in [0.2, 0.25) is 0 Å². The van der Waals surface area contributed by atoms with Gasteiger partial charge in [0.25, 0.3) is 5.78 Å². The van der Waals surface area contributed by atoms with Crippen LogP contribution in [0.3, 0.4) is 0 Å². The minimum atomic E-state index is -1.12. The molecule has 1 aromatic rings. The van der Waals surface area contributed by atoms with Crippen LogP contribution in [0.5, 0.6) is 0 Å². The molecule has 0 N–H and O–H groups in total. The Kier molecular flexibility index (Phi) is 6.72. The number of carbonyl (C=O) groups is 2. The summed E-state index contributed by atoms with van der Waals surface area (Å²) in [5.41, 5.74) is 0.124. The summed E-state index contributed by atoms with van der Waals surface area (Å²) >= 11 is 0. The average Bonchev–Trinajstić information content (AvgIpc) is 2.28.